The summed E-state index contributed by atoms with van der Waals surface area (Å²) in [6.45, 7) is 1.94. The van der Waals surface area contributed by atoms with E-state index < -0.39 is 0 Å². The maximum atomic E-state index is 4.66. The minimum Gasteiger partial charge on any atom is -0.233 e. The summed E-state index contributed by atoms with van der Waals surface area (Å²) in [5.41, 5.74) is 5.54. The van der Waals surface area contributed by atoms with Crippen LogP contribution >= 0.6 is 0 Å². The Kier molecular flexibility index (Phi) is 3.35. The lowest BCUT2D eigenvalue weighted by atomic mass is 10.0. The standard InChI is InChI=1S/C21H16N2/c1-15-22-20-10-6-5-9-19(20)21(23-15)18-13-11-17(12-14-18)16-7-3-2-4-8-16/h2-14H,1H3. The average molecular weight is 296 g/mol. The predicted molar refractivity (Wildman–Crippen MR) is 95.1 cm³/mol. The van der Waals surface area contributed by atoms with E-state index in [1.807, 2.05) is 31.2 Å². The molecule has 0 N–H and O–H groups in total. The molecule has 2 heteroatoms. The molecule has 3 aromatic carbocycles. The largest absolute Gasteiger partial charge is 0.233 e. The van der Waals surface area contributed by atoms with Crippen molar-refractivity contribution in [2.24, 2.45) is 0 Å². The monoisotopic (exact) mass is 296 g/mol. The van der Waals surface area contributed by atoms with E-state index in [1.165, 1.54) is 11.1 Å². The van der Waals surface area contributed by atoms with E-state index >= 15 is 0 Å². The van der Waals surface area contributed by atoms with Crippen LogP contribution in [0.15, 0.2) is 78.9 Å². The molecule has 0 amide bonds. The van der Waals surface area contributed by atoms with Crippen LogP contribution in [0.3, 0.4) is 0 Å². The van der Waals surface area contributed by atoms with Gasteiger partial charge in [-0.3, -0.25) is 0 Å². The molecule has 0 aliphatic heterocycles. The molecule has 1 heterocycles. The van der Waals surface area contributed by atoms with E-state index in [9.17, 15) is 0 Å². The number of hydrogen-bond acceptors (Lipinski definition) is 2. The highest BCUT2D eigenvalue weighted by Crippen LogP contribution is 2.28. The van der Waals surface area contributed by atoms with E-state index in [4.69, 9.17) is 0 Å². The van der Waals surface area contributed by atoms with Crippen LogP contribution in [0, 0.1) is 6.92 Å². The number of rotatable bonds is 2. The van der Waals surface area contributed by atoms with Crippen molar-refractivity contribution in [1.82, 2.24) is 9.97 Å². The maximum Gasteiger partial charge on any atom is 0.126 e. The van der Waals surface area contributed by atoms with Crippen LogP contribution in [-0.2, 0) is 0 Å². The number of aromatic nitrogens is 2. The van der Waals surface area contributed by atoms with Crippen LogP contribution in [0.4, 0.5) is 0 Å². The average Bonchev–Trinajstić information content (AvgIpc) is 2.62. The molecule has 0 saturated carbocycles. The molecule has 23 heavy (non-hydrogen) atoms. The van der Waals surface area contributed by atoms with Crippen molar-refractivity contribution in [3.05, 3.63) is 84.7 Å². The molecule has 0 fully saturated rings. The molecule has 0 saturated heterocycles. The molecule has 0 aliphatic carbocycles. The van der Waals surface area contributed by atoms with E-state index in [-0.39, 0.29) is 0 Å². The van der Waals surface area contributed by atoms with Crippen molar-refractivity contribution >= 4 is 10.9 Å². The van der Waals surface area contributed by atoms with Gasteiger partial charge in [0.15, 0.2) is 0 Å². The van der Waals surface area contributed by atoms with Gasteiger partial charge in [-0.1, -0.05) is 72.8 Å². The first-order valence-corrected chi connectivity index (χ1v) is 7.70. The normalized spacial score (nSPS) is 10.8. The quantitative estimate of drug-likeness (QED) is 0.503. The van der Waals surface area contributed by atoms with E-state index in [1.54, 1.807) is 0 Å². The third-order valence-corrected chi connectivity index (χ3v) is 3.98. The second-order valence-corrected chi connectivity index (χ2v) is 5.58. The zero-order valence-corrected chi connectivity index (χ0v) is 12.9. The smallest absolute Gasteiger partial charge is 0.126 e. The Labute approximate surface area is 135 Å². The zero-order chi connectivity index (χ0) is 15.6. The van der Waals surface area contributed by atoms with Crippen molar-refractivity contribution in [3.8, 4) is 22.4 Å². The number of aryl methyl sites for hydroxylation is 1. The Morgan fingerprint density at radius 2 is 1.17 bits per heavy atom. The van der Waals surface area contributed by atoms with Crippen molar-refractivity contribution in [1.29, 1.82) is 0 Å². The lowest BCUT2D eigenvalue weighted by molar-refractivity contribution is 1.10. The highest BCUT2D eigenvalue weighted by Gasteiger charge is 2.08. The van der Waals surface area contributed by atoms with Gasteiger partial charge in [0.1, 0.15) is 5.82 Å². The summed E-state index contributed by atoms with van der Waals surface area (Å²) >= 11 is 0. The Hall–Kier alpha value is -3.00. The minimum atomic E-state index is 0.797. The summed E-state index contributed by atoms with van der Waals surface area (Å²) in [6, 6.07) is 27.1. The lowest BCUT2D eigenvalue weighted by Gasteiger charge is -2.08. The van der Waals surface area contributed by atoms with Crippen molar-refractivity contribution in [2.75, 3.05) is 0 Å². The van der Waals surface area contributed by atoms with E-state index in [2.05, 4.69) is 64.6 Å². The minimum absolute atomic E-state index is 0.797. The van der Waals surface area contributed by atoms with Crippen LogP contribution in [0.5, 0.6) is 0 Å². The summed E-state index contributed by atoms with van der Waals surface area (Å²) in [6.07, 6.45) is 0. The van der Waals surface area contributed by atoms with E-state index in [0.717, 1.165) is 28.0 Å². The molecule has 0 radical (unpaired) electrons. The van der Waals surface area contributed by atoms with Gasteiger partial charge in [-0.05, 0) is 24.1 Å². The van der Waals surface area contributed by atoms with Gasteiger partial charge in [0.05, 0.1) is 11.2 Å². The predicted octanol–water partition coefficient (Wildman–Crippen LogP) is 5.27. The van der Waals surface area contributed by atoms with Crippen LogP contribution in [-0.4, -0.2) is 9.97 Å². The molecule has 0 unspecified atom stereocenters. The number of benzene rings is 3. The van der Waals surface area contributed by atoms with Gasteiger partial charge in [-0.15, -0.1) is 0 Å². The molecular formula is C21H16N2. The highest BCUT2D eigenvalue weighted by atomic mass is 14.9. The molecular weight excluding hydrogens is 280 g/mol. The first kappa shape index (κ1) is 13.6. The fraction of sp³-hybridized carbons (Fsp3) is 0.0476. The fourth-order valence-electron chi connectivity index (χ4n) is 2.86. The van der Waals surface area contributed by atoms with Crippen molar-refractivity contribution < 1.29 is 0 Å². The number of para-hydroxylation sites is 1. The Morgan fingerprint density at radius 3 is 1.96 bits per heavy atom. The van der Waals surface area contributed by atoms with Gasteiger partial charge in [-0.25, -0.2) is 9.97 Å². The Morgan fingerprint density at radius 1 is 0.565 bits per heavy atom. The summed E-state index contributed by atoms with van der Waals surface area (Å²) in [7, 11) is 0. The van der Waals surface area contributed by atoms with Crippen molar-refractivity contribution in [2.45, 2.75) is 6.92 Å². The van der Waals surface area contributed by atoms with Gasteiger partial charge in [-0.2, -0.15) is 0 Å². The van der Waals surface area contributed by atoms with Gasteiger partial charge < -0.3 is 0 Å². The van der Waals surface area contributed by atoms with Crippen LogP contribution in [0.25, 0.3) is 33.3 Å². The third-order valence-electron chi connectivity index (χ3n) is 3.98. The van der Waals surface area contributed by atoms with E-state index in [0.29, 0.717) is 0 Å². The molecule has 0 atom stereocenters. The second-order valence-electron chi connectivity index (χ2n) is 5.58. The number of hydrogen-bond donors (Lipinski definition) is 0. The molecule has 0 aliphatic rings. The summed E-state index contributed by atoms with van der Waals surface area (Å²) in [4.78, 5) is 9.18. The maximum absolute atomic E-state index is 4.66. The third kappa shape index (κ3) is 2.59. The Balaban J connectivity index is 1.83. The molecule has 4 aromatic rings. The van der Waals surface area contributed by atoms with Gasteiger partial charge in [0.2, 0.25) is 0 Å². The number of nitrogens with zero attached hydrogens (tertiary/aromatic N) is 2. The van der Waals surface area contributed by atoms with Crippen LogP contribution in [0.2, 0.25) is 0 Å². The lowest BCUT2D eigenvalue weighted by Crippen LogP contribution is -1.93. The van der Waals surface area contributed by atoms with Gasteiger partial charge >= 0.3 is 0 Å². The van der Waals surface area contributed by atoms with Gasteiger partial charge in [0, 0.05) is 10.9 Å². The topological polar surface area (TPSA) is 25.8 Å². The molecule has 0 bridgehead atoms. The molecule has 2 nitrogen and oxygen atoms in total. The first-order chi connectivity index (χ1) is 11.3. The fourth-order valence-corrected chi connectivity index (χ4v) is 2.86. The van der Waals surface area contributed by atoms with Crippen LogP contribution in [0.1, 0.15) is 5.82 Å². The van der Waals surface area contributed by atoms with Crippen LogP contribution < -0.4 is 0 Å². The molecule has 1 aromatic heterocycles. The molecule has 0 spiro atoms. The second kappa shape index (κ2) is 5.65. The highest BCUT2D eigenvalue weighted by molar-refractivity contribution is 5.92. The molecule has 110 valence electrons. The zero-order valence-electron chi connectivity index (χ0n) is 12.9. The number of fused-ring (bicyclic) bond motifs is 1. The summed E-state index contributed by atoms with van der Waals surface area (Å²) in [5.74, 6) is 0.797. The summed E-state index contributed by atoms with van der Waals surface area (Å²) < 4.78 is 0. The SMILES string of the molecule is Cc1nc(-c2ccc(-c3ccccc3)cc2)c2ccccc2n1. The van der Waals surface area contributed by atoms with Gasteiger partial charge in [0.25, 0.3) is 0 Å². The Bertz CT molecular complexity index is 958. The van der Waals surface area contributed by atoms with Crippen molar-refractivity contribution in [3.63, 3.8) is 0 Å². The molecule has 4 rings (SSSR count). The summed E-state index contributed by atoms with van der Waals surface area (Å²) in [5, 5.41) is 1.09. The first-order valence-electron chi connectivity index (χ1n) is 7.70.